The maximum Gasteiger partial charge on any atom is 0.306 e. The zero-order chi connectivity index (χ0) is 50.0. The molecule has 1 atom stereocenters. The van der Waals surface area contributed by atoms with Gasteiger partial charge in [-0.05, 0) is 57.8 Å². The number of rotatable bonds is 53. The summed E-state index contributed by atoms with van der Waals surface area (Å²) in [7, 11) is 0. The van der Waals surface area contributed by atoms with Gasteiger partial charge in [0.05, 0.1) is 0 Å². The van der Waals surface area contributed by atoms with Crippen LogP contribution in [0.4, 0.5) is 0 Å². The van der Waals surface area contributed by atoms with Crippen molar-refractivity contribution >= 4 is 17.9 Å². The summed E-state index contributed by atoms with van der Waals surface area (Å²) in [4.78, 5) is 37.9. The highest BCUT2D eigenvalue weighted by Crippen LogP contribution is 2.17. The van der Waals surface area contributed by atoms with Crippen LogP contribution in [0, 0.1) is 0 Å². The van der Waals surface area contributed by atoms with Crippen molar-refractivity contribution < 1.29 is 28.6 Å². The number of allylic oxidation sites excluding steroid dienone is 12. The van der Waals surface area contributed by atoms with E-state index in [1.807, 2.05) is 6.08 Å². The van der Waals surface area contributed by atoms with Gasteiger partial charge in [0.1, 0.15) is 13.2 Å². The van der Waals surface area contributed by atoms with Crippen molar-refractivity contribution in [2.24, 2.45) is 0 Å². The summed E-state index contributed by atoms with van der Waals surface area (Å²) in [5, 5.41) is 0. The molecule has 0 fully saturated rings. The zero-order valence-electron chi connectivity index (χ0n) is 45.6. The molecule has 0 aromatic carbocycles. The van der Waals surface area contributed by atoms with Crippen molar-refractivity contribution in [3.05, 3.63) is 72.9 Å². The third-order valence-corrected chi connectivity index (χ3v) is 12.7. The molecule has 0 saturated carbocycles. The summed E-state index contributed by atoms with van der Waals surface area (Å²) in [6.07, 6.45) is 73.8. The van der Waals surface area contributed by atoms with Gasteiger partial charge in [0.15, 0.2) is 6.10 Å². The van der Waals surface area contributed by atoms with Gasteiger partial charge < -0.3 is 14.2 Å². The lowest BCUT2D eigenvalue weighted by Gasteiger charge is -2.18. The van der Waals surface area contributed by atoms with Gasteiger partial charge in [-0.3, -0.25) is 14.4 Å². The topological polar surface area (TPSA) is 78.9 Å². The normalized spacial score (nSPS) is 12.6. The van der Waals surface area contributed by atoms with Crippen molar-refractivity contribution in [1.29, 1.82) is 0 Å². The minimum absolute atomic E-state index is 0.103. The molecule has 0 saturated heterocycles. The van der Waals surface area contributed by atoms with Gasteiger partial charge in [-0.1, -0.05) is 286 Å². The Morgan fingerprint density at radius 2 is 0.565 bits per heavy atom. The van der Waals surface area contributed by atoms with Crippen LogP contribution in [0.5, 0.6) is 0 Å². The van der Waals surface area contributed by atoms with E-state index in [-0.39, 0.29) is 37.5 Å². The molecule has 6 heteroatoms. The van der Waals surface area contributed by atoms with Crippen LogP contribution in [-0.4, -0.2) is 37.2 Å². The number of carbonyl (C=O) groups excluding carboxylic acids is 3. The molecule has 0 aliphatic heterocycles. The predicted molar refractivity (Wildman–Crippen MR) is 298 cm³/mol. The smallest absolute Gasteiger partial charge is 0.306 e. The number of hydrogen-bond donors (Lipinski definition) is 0. The number of ether oxygens (including phenoxy) is 3. The molecule has 0 aromatic rings. The van der Waals surface area contributed by atoms with Crippen LogP contribution in [0.25, 0.3) is 0 Å². The van der Waals surface area contributed by atoms with Crippen molar-refractivity contribution in [1.82, 2.24) is 0 Å². The fourth-order valence-electron chi connectivity index (χ4n) is 8.35. The molecule has 0 rings (SSSR count). The highest BCUT2D eigenvalue weighted by molar-refractivity contribution is 5.71. The number of carbonyl (C=O) groups is 3. The van der Waals surface area contributed by atoms with E-state index in [2.05, 4.69) is 87.6 Å². The molecule has 0 heterocycles. The van der Waals surface area contributed by atoms with Crippen LogP contribution < -0.4 is 0 Å². The number of esters is 3. The van der Waals surface area contributed by atoms with E-state index in [0.29, 0.717) is 19.3 Å². The molecule has 0 N–H and O–H groups in total. The Hall–Kier alpha value is -3.15. The Morgan fingerprint density at radius 1 is 0.304 bits per heavy atom. The molecular weight excluding hydrogens is 853 g/mol. The molecule has 0 amide bonds. The molecule has 6 nitrogen and oxygen atoms in total. The van der Waals surface area contributed by atoms with Gasteiger partial charge in [-0.25, -0.2) is 0 Å². The first-order valence-corrected chi connectivity index (χ1v) is 29.4. The number of unbranched alkanes of at least 4 members (excludes halogenated alkanes) is 30. The molecule has 0 spiro atoms. The first-order chi connectivity index (χ1) is 34.0. The summed E-state index contributed by atoms with van der Waals surface area (Å²) < 4.78 is 16.7. The fourth-order valence-corrected chi connectivity index (χ4v) is 8.35. The van der Waals surface area contributed by atoms with E-state index in [1.54, 1.807) is 0 Å². The van der Waals surface area contributed by atoms with Gasteiger partial charge in [0.2, 0.25) is 0 Å². The molecule has 0 bridgehead atoms. The van der Waals surface area contributed by atoms with E-state index >= 15 is 0 Å². The Balaban J connectivity index is 4.21. The van der Waals surface area contributed by atoms with Gasteiger partial charge in [-0.2, -0.15) is 0 Å². The lowest BCUT2D eigenvalue weighted by Crippen LogP contribution is -2.30. The fraction of sp³-hybridized carbons (Fsp3) is 0.762. The van der Waals surface area contributed by atoms with Crippen molar-refractivity contribution in [2.75, 3.05) is 13.2 Å². The van der Waals surface area contributed by atoms with E-state index in [1.165, 1.54) is 167 Å². The maximum absolute atomic E-state index is 12.8. The minimum atomic E-state index is -0.811. The van der Waals surface area contributed by atoms with Gasteiger partial charge in [0.25, 0.3) is 0 Å². The second-order valence-electron chi connectivity index (χ2n) is 19.5. The number of hydrogen-bond acceptors (Lipinski definition) is 6. The first-order valence-electron chi connectivity index (χ1n) is 29.4. The van der Waals surface area contributed by atoms with Crippen molar-refractivity contribution in [3.8, 4) is 0 Å². The van der Waals surface area contributed by atoms with Crippen LogP contribution in [0.1, 0.15) is 290 Å². The third kappa shape index (κ3) is 55.6. The first kappa shape index (κ1) is 65.8. The SMILES string of the molecule is CC/C=C\C/C=C\C/C=C\C/C=C\C/C=C\C/C=C\CCC(=O)OC(COC(=O)CCCCCCCCC)COC(=O)CCCCCCCCCCCCCCCCCCCCCCCCCCC. The minimum Gasteiger partial charge on any atom is -0.462 e. The van der Waals surface area contributed by atoms with Gasteiger partial charge in [0, 0.05) is 19.3 Å². The third-order valence-electron chi connectivity index (χ3n) is 12.7. The quantitative estimate of drug-likeness (QED) is 0.0262. The van der Waals surface area contributed by atoms with Crippen LogP contribution in [0.2, 0.25) is 0 Å². The summed E-state index contributed by atoms with van der Waals surface area (Å²) in [5.41, 5.74) is 0. The summed E-state index contributed by atoms with van der Waals surface area (Å²) in [6, 6.07) is 0. The second-order valence-corrected chi connectivity index (χ2v) is 19.5. The molecule has 0 radical (unpaired) electrons. The van der Waals surface area contributed by atoms with E-state index in [4.69, 9.17) is 14.2 Å². The zero-order valence-corrected chi connectivity index (χ0v) is 45.6. The summed E-state index contributed by atoms with van der Waals surface area (Å²) >= 11 is 0. The summed E-state index contributed by atoms with van der Waals surface area (Å²) in [6.45, 7) is 6.45. The predicted octanol–water partition coefficient (Wildman–Crippen LogP) is 19.8. The standard InChI is InChI=1S/C63H110O6/c1-4-7-10-13-16-18-20-22-24-26-28-29-30-31-32-33-35-36-38-40-42-44-47-50-53-56-62(65)68-59-60(58-67-61(64)55-52-49-46-15-12-9-6-3)69-63(66)57-54-51-48-45-43-41-39-37-34-27-25-23-21-19-17-14-11-8-5-2/h8,11,17,19,23,25,34,37,41,43,48,51,60H,4-7,9-10,12-16,18,20-22,24,26-33,35-36,38-40,42,44-47,49-50,52-59H2,1-3H3/b11-8-,19-17-,25-23-,37-34-,43-41-,51-48-. The van der Waals surface area contributed by atoms with E-state index < -0.39 is 6.10 Å². The Labute approximate surface area is 427 Å². The molecule has 398 valence electrons. The van der Waals surface area contributed by atoms with Crippen molar-refractivity contribution in [3.63, 3.8) is 0 Å². The van der Waals surface area contributed by atoms with Crippen molar-refractivity contribution in [2.45, 2.75) is 297 Å². The van der Waals surface area contributed by atoms with E-state index in [0.717, 1.165) is 77.0 Å². The van der Waals surface area contributed by atoms with Crippen LogP contribution >= 0.6 is 0 Å². The lowest BCUT2D eigenvalue weighted by molar-refractivity contribution is -0.166. The summed E-state index contributed by atoms with van der Waals surface area (Å²) in [5.74, 6) is -0.985. The van der Waals surface area contributed by atoms with Gasteiger partial charge >= 0.3 is 17.9 Å². The molecule has 69 heavy (non-hydrogen) atoms. The van der Waals surface area contributed by atoms with Gasteiger partial charge in [-0.15, -0.1) is 0 Å². The molecule has 0 aliphatic carbocycles. The average Bonchev–Trinajstić information content (AvgIpc) is 3.35. The molecular formula is C63H110O6. The van der Waals surface area contributed by atoms with Crippen LogP contribution in [-0.2, 0) is 28.6 Å². The van der Waals surface area contributed by atoms with Crippen LogP contribution in [0.15, 0.2) is 72.9 Å². The molecule has 0 aromatic heterocycles. The average molecular weight is 964 g/mol. The Kier molecular flexibility index (Phi) is 54.8. The lowest BCUT2D eigenvalue weighted by atomic mass is 10.0. The second kappa shape index (κ2) is 57.4. The highest BCUT2D eigenvalue weighted by atomic mass is 16.6. The molecule has 0 aliphatic rings. The Morgan fingerprint density at radius 3 is 0.855 bits per heavy atom. The van der Waals surface area contributed by atoms with Crippen LogP contribution in [0.3, 0.4) is 0 Å². The molecule has 1 unspecified atom stereocenters. The highest BCUT2D eigenvalue weighted by Gasteiger charge is 2.19. The maximum atomic E-state index is 12.8. The monoisotopic (exact) mass is 963 g/mol. The van der Waals surface area contributed by atoms with E-state index in [9.17, 15) is 14.4 Å². The Bertz CT molecular complexity index is 1290. The largest absolute Gasteiger partial charge is 0.462 e.